The Morgan fingerprint density at radius 2 is 1.77 bits per heavy atom. The molecule has 3 rings (SSSR count). The normalized spacial score (nSPS) is 16.4. The molecule has 26 heavy (non-hydrogen) atoms. The number of carbonyl (C=O) groups is 3. The highest BCUT2D eigenvalue weighted by atomic mass is 16.2. The van der Waals surface area contributed by atoms with Gasteiger partial charge >= 0.3 is 0 Å². The molecule has 1 aliphatic heterocycles. The fourth-order valence-corrected chi connectivity index (χ4v) is 2.83. The van der Waals surface area contributed by atoms with Crippen LogP contribution in [-0.4, -0.2) is 42.3 Å². The van der Waals surface area contributed by atoms with Gasteiger partial charge in [-0.05, 0) is 24.3 Å². The van der Waals surface area contributed by atoms with Gasteiger partial charge in [0.1, 0.15) is 5.69 Å². The van der Waals surface area contributed by atoms with Gasteiger partial charge in [0.05, 0.1) is 5.92 Å². The van der Waals surface area contributed by atoms with Crippen LogP contribution in [0.2, 0.25) is 0 Å². The minimum atomic E-state index is -0.380. The summed E-state index contributed by atoms with van der Waals surface area (Å²) in [6.45, 7) is 0.965. The number of nitrogens with one attached hydrogen (secondary N) is 2. The summed E-state index contributed by atoms with van der Waals surface area (Å²) >= 11 is 0. The summed E-state index contributed by atoms with van der Waals surface area (Å²) in [4.78, 5) is 41.9. The Labute approximate surface area is 151 Å². The van der Waals surface area contributed by atoms with E-state index in [-0.39, 0.29) is 30.1 Å². The third kappa shape index (κ3) is 4.24. The van der Waals surface area contributed by atoms with E-state index in [4.69, 9.17) is 0 Å². The molecule has 0 bridgehead atoms. The van der Waals surface area contributed by atoms with Crippen molar-refractivity contribution in [3.05, 3.63) is 60.4 Å². The van der Waals surface area contributed by atoms with Crippen LogP contribution >= 0.6 is 0 Å². The van der Waals surface area contributed by atoms with Gasteiger partial charge in [0.15, 0.2) is 0 Å². The van der Waals surface area contributed by atoms with Crippen molar-refractivity contribution in [2.45, 2.75) is 6.42 Å². The highest BCUT2D eigenvalue weighted by molar-refractivity contribution is 6.00. The highest BCUT2D eigenvalue weighted by Crippen LogP contribution is 2.24. The lowest BCUT2D eigenvalue weighted by molar-refractivity contribution is -0.126. The average molecular weight is 352 g/mol. The molecule has 1 aromatic heterocycles. The molecule has 0 aliphatic carbocycles. The monoisotopic (exact) mass is 352 g/mol. The van der Waals surface area contributed by atoms with Gasteiger partial charge in [-0.1, -0.05) is 24.3 Å². The van der Waals surface area contributed by atoms with Crippen molar-refractivity contribution >= 4 is 23.4 Å². The molecule has 1 saturated heterocycles. The lowest BCUT2D eigenvalue weighted by atomic mass is 10.1. The third-order valence-corrected chi connectivity index (χ3v) is 4.17. The van der Waals surface area contributed by atoms with Gasteiger partial charge in [-0.15, -0.1) is 0 Å². The van der Waals surface area contributed by atoms with Gasteiger partial charge in [0, 0.05) is 37.9 Å². The van der Waals surface area contributed by atoms with Crippen molar-refractivity contribution in [2.24, 2.45) is 5.92 Å². The molecule has 0 unspecified atom stereocenters. The van der Waals surface area contributed by atoms with Crippen LogP contribution in [0.4, 0.5) is 5.69 Å². The highest BCUT2D eigenvalue weighted by Gasteiger charge is 2.34. The number of anilines is 1. The summed E-state index contributed by atoms with van der Waals surface area (Å²) in [5.74, 6) is -0.899. The van der Waals surface area contributed by atoms with E-state index in [9.17, 15) is 14.4 Å². The number of para-hydroxylation sites is 1. The number of nitrogens with zero attached hydrogens (tertiary/aromatic N) is 2. The Balaban J connectivity index is 1.43. The molecule has 7 nitrogen and oxygen atoms in total. The average Bonchev–Trinajstić information content (AvgIpc) is 3.08. The molecule has 134 valence electrons. The maximum absolute atomic E-state index is 12.3. The van der Waals surface area contributed by atoms with Crippen LogP contribution < -0.4 is 15.5 Å². The Bertz CT molecular complexity index is 780. The van der Waals surface area contributed by atoms with Crippen LogP contribution in [-0.2, 0) is 9.59 Å². The Hall–Kier alpha value is -3.22. The van der Waals surface area contributed by atoms with E-state index in [2.05, 4.69) is 15.6 Å². The number of carbonyl (C=O) groups excluding carboxylic acids is 3. The largest absolute Gasteiger partial charge is 0.354 e. The number of pyridine rings is 1. The molecule has 2 heterocycles. The number of hydrogen-bond acceptors (Lipinski definition) is 4. The molecule has 2 N–H and O–H groups in total. The molecule has 1 fully saturated rings. The summed E-state index contributed by atoms with van der Waals surface area (Å²) in [5, 5.41) is 5.47. The van der Waals surface area contributed by atoms with Crippen molar-refractivity contribution in [1.29, 1.82) is 0 Å². The number of hydrogen-bond donors (Lipinski definition) is 2. The van der Waals surface area contributed by atoms with Gasteiger partial charge in [-0.2, -0.15) is 0 Å². The first-order valence-corrected chi connectivity index (χ1v) is 8.47. The van der Waals surface area contributed by atoms with Crippen molar-refractivity contribution in [3.63, 3.8) is 0 Å². The first-order chi connectivity index (χ1) is 12.6. The lowest BCUT2D eigenvalue weighted by Crippen LogP contribution is -2.38. The quantitative estimate of drug-likeness (QED) is 0.758. The Morgan fingerprint density at radius 1 is 1.04 bits per heavy atom. The predicted octanol–water partition coefficient (Wildman–Crippen LogP) is 0.981. The van der Waals surface area contributed by atoms with Crippen molar-refractivity contribution in [3.8, 4) is 0 Å². The first-order valence-electron chi connectivity index (χ1n) is 8.47. The fraction of sp³-hybridized carbons (Fsp3) is 0.263. The van der Waals surface area contributed by atoms with Gasteiger partial charge in [0.25, 0.3) is 5.91 Å². The molecule has 0 radical (unpaired) electrons. The molecule has 3 amide bonds. The number of aromatic nitrogens is 1. The predicted molar refractivity (Wildman–Crippen MR) is 96.5 cm³/mol. The maximum atomic E-state index is 12.3. The molecule has 1 aromatic carbocycles. The molecular weight excluding hydrogens is 332 g/mol. The van der Waals surface area contributed by atoms with E-state index >= 15 is 0 Å². The molecule has 0 spiro atoms. The van der Waals surface area contributed by atoms with E-state index in [1.54, 1.807) is 29.3 Å². The zero-order valence-corrected chi connectivity index (χ0v) is 14.2. The van der Waals surface area contributed by atoms with Gasteiger partial charge < -0.3 is 15.5 Å². The van der Waals surface area contributed by atoms with E-state index in [1.807, 2.05) is 30.3 Å². The fourth-order valence-electron chi connectivity index (χ4n) is 2.83. The van der Waals surface area contributed by atoms with Gasteiger partial charge in [-0.25, -0.2) is 0 Å². The molecule has 0 saturated carbocycles. The van der Waals surface area contributed by atoms with Crippen LogP contribution in [0.3, 0.4) is 0 Å². The van der Waals surface area contributed by atoms with Crippen molar-refractivity contribution in [2.75, 3.05) is 24.5 Å². The van der Waals surface area contributed by atoms with Crippen LogP contribution in [0.5, 0.6) is 0 Å². The van der Waals surface area contributed by atoms with E-state index < -0.39 is 0 Å². The standard InChI is InChI=1S/C19H20N4O3/c24-17-12-14(13-23(17)15-6-2-1-3-7-15)18(25)21-10-11-22-19(26)16-8-4-5-9-20-16/h1-9,14H,10-13H2,(H,21,25)(H,22,26)/t14-/m1/s1. The summed E-state index contributed by atoms with van der Waals surface area (Å²) < 4.78 is 0. The zero-order chi connectivity index (χ0) is 18.4. The number of amides is 3. The van der Waals surface area contributed by atoms with Crippen LogP contribution in [0.1, 0.15) is 16.9 Å². The summed E-state index contributed by atoms with van der Waals surface area (Å²) in [6, 6.07) is 14.4. The van der Waals surface area contributed by atoms with Crippen LogP contribution in [0, 0.1) is 5.92 Å². The minimum Gasteiger partial charge on any atom is -0.354 e. The second-order valence-corrected chi connectivity index (χ2v) is 6.00. The first kappa shape index (κ1) is 17.6. The topological polar surface area (TPSA) is 91.4 Å². The van der Waals surface area contributed by atoms with Crippen molar-refractivity contribution in [1.82, 2.24) is 15.6 Å². The number of rotatable bonds is 6. The van der Waals surface area contributed by atoms with Gasteiger partial charge in [-0.3, -0.25) is 19.4 Å². The molecule has 2 aromatic rings. The SMILES string of the molecule is O=C(NCCNC(=O)[C@@H]1CC(=O)N(c2ccccc2)C1)c1ccccn1. The molecule has 7 heteroatoms. The smallest absolute Gasteiger partial charge is 0.269 e. The second kappa shape index (κ2) is 8.24. The van der Waals surface area contributed by atoms with Gasteiger partial charge in [0.2, 0.25) is 11.8 Å². The third-order valence-electron chi connectivity index (χ3n) is 4.17. The zero-order valence-electron chi connectivity index (χ0n) is 14.2. The Kier molecular flexibility index (Phi) is 5.58. The van der Waals surface area contributed by atoms with Crippen molar-refractivity contribution < 1.29 is 14.4 Å². The Morgan fingerprint density at radius 3 is 2.50 bits per heavy atom. The molecule has 1 aliphatic rings. The second-order valence-electron chi connectivity index (χ2n) is 6.00. The van der Waals surface area contributed by atoms with Crippen LogP contribution in [0.15, 0.2) is 54.7 Å². The van der Waals surface area contributed by atoms with Crippen LogP contribution in [0.25, 0.3) is 0 Å². The molecule has 1 atom stereocenters. The summed E-state index contributed by atoms with van der Waals surface area (Å²) in [6.07, 6.45) is 1.74. The summed E-state index contributed by atoms with van der Waals surface area (Å²) in [7, 11) is 0. The molecular formula is C19H20N4O3. The van der Waals surface area contributed by atoms with E-state index in [0.29, 0.717) is 25.3 Å². The number of benzene rings is 1. The lowest BCUT2D eigenvalue weighted by Gasteiger charge is -2.16. The summed E-state index contributed by atoms with van der Waals surface area (Å²) in [5.41, 5.74) is 1.13. The maximum Gasteiger partial charge on any atom is 0.269 e. The minimum absolute atomic E-state index is 0.0557. The van der Waals surface area contributed by atoms with E-state index in [0.717, 1.165) is 5.69 Å². The van der Waals surface area contributed by atoms with E-state index in [1.165, 1.54) is 0 Å².